The van der Waals surface area contributed by atoms with Crippen LogP contribution in [0.3, 0.4) is 0 Å². The van der Waals surface area contributed by atoms with Crippen LogP contribution in [0.1, 0.15) is 22.2 Å². The highest BCUT2D eigenvalue weighted by Gasteiger charge is 2.14. The van der Waals surface area contributed by atoms with E-state index in [2.05, 4.69) is 17.0 Å². The molecule has 1 aromatic carbocycles. The maximum absolute atomic E-state index is 11.8. The Morgan fingerprint density at radius 3 is 2.65 bits per heavy atom. The summed E-state index contributed by atoms with van der Waals surface area (Å²) < 4.78 is 5.43. The molecule has 0 saturated carbocycles. The van der Waals surface area contributed by atoms with Gasteiger partial charge in [0.1, 0.15) is 11.0 Å². The zero-order valence-corrected chi connectivity index (χ0v) is 12.6. The fourth-order valence-electron chi connectivity index (χ4n) is 2.07. The summed E-state index contributed by atoms with van der Waals surface area (Å²) in [7, 11) is 2.03. The molecule has 4 heteroatoms. The minimum atomic E-state index is -0.236. The van der Waals surface area contributed by atoms with E-state index in [0.29, 0.717) is 11.4 Å². The van der Waals surface area contributed by atoms with E-state index < -0.39 is 0 Å². The normalized spacial score (nSPS) is 12.3. The number of ether oxygens (including phenoxy) is 1. The highest BCUT2D eigenvalue weighted by molar-refractivity contribution is 7.11. The average molecular weight is 289 g/mol. The lowest BCUT2D eigenvalue weighted by Crippen LogP contribution is -2.30. The molecule has 0 radical (unpaired) electrons. The van der Waals surface area contributed by atoms with E-state index in [0.717, 1.165) is 6.54 Å². The smallest absolute Gasteiger partial charge is 0.348 e. The van der Waals surface area contributed by atoms with Gasteiger partial charge in [0, 0.05) is 13.1 Å². The molecule has 0 fully saturated rings. The second-order valence-corrected chi connectivity index (χ2v) is 5.82. The van der Waals surface area contributed by atoms with Gasteiger partial charge < -0.3 is 4.74 Å². The molecular formula is C16H19NO2S. The number of esters is 1. The third-order valence-electron chi connectivity index (χ3n) is 2.89. The summed E-state index contributed by atoms with van der Waals surface area (Å²) in [5.41, 5.74) is 1.26. The summed E-state index contributed by atoms with van der Waals surface area (Å²) in [5.74, 6) is -0.236. The van der Waals surface area contributed by atoms with Crippen LogP contribution in [-0.4, -0.2) is 30.6 Å². The molecule has 106 valence electrons. The first kappa shape index (κ1) is 14.8. The number of benzene rings is 1. The highest BCUT2D eigenvalue weighted by atomic mass is 32.1. The van der Waals surface area contributed by atoms with Crippen LogP contribution in [0.2, 0.25) is 0 Å². The van der Waals surface area contributed by atoms with E-state index >= 15 is 0 Å². The van der Waals surface area contributed by atoms with Gasteiger partial charge in [0.25, 0.3) is 0 Å². The van der Waals surface area contributed by atoms with Gasteiger partial charge in [0.15, 0.2) is 0 Å². The van der Waals surface area contributed by atoms with Crippen molar-refractivity contribution in [2.75, 3.05) is 13.6 Å². The number of rotatable bonds is 6. The zero-order chi connectivity index (χ0) is 14.4. The minimum Gasteiger partial charge on any atom is -0.457 e. The van der Waals surface area contributed by atoms with Crippen molar-refractivity contribution in [2.24, 2.45) is 0 Å². The Morgan fingerprint density at radius 2 is 2.00 bits per heavy atom. The number of nitrogens with zero attached hydrogens (tertiary/aromatic N) is 1. The number of thiophene rings is 1. The fraction of sp³-hybridized carbons (Fsp3) is 0.312. The Labute approximate surface area is 123 Å². The number of carbonyl (C=O) groups excluding carboxylic acids is 1. The molecule has 0 saturated heterocycles. The van der Waals surface area contributed by atoms with Crippen LogP contribution in [0.4, 0.5) is 0 Å². The predicted molar refractivity (Wildman–Crippen MR) is 82.0 cm³/mol. The summed E-state index contributed by atoms with van der Waals surface area (Å²) in [4.78, 5) is 14.6. The second kappa shape index (κ2) is 7.22. The fourth-order valence-corrected chi connectivity index (χ4v) is 2.68. The van der Waals surface area contributed by atoms with Crippen molar-refractivity contribution in [3.63, 3.8) is 0 Å². The molecule has 3 nitrogen and oxygen atoms in total. The third kappa shape index (κ3) is 4.47. The molecule has 0 N–H and O–H groups in total. The number of likely N-dealkylation sites (N-methyl/N-ethyl adjacent to an activating group) is 1. The summed E-state index contributed by atoms with van der Waals surface area (Å²) in [6.45, 7) is 3.49. The SMILES string of the molecule is C[C@@H](CN(C)Cc1ccccc1)OC(=O)c1cccs1. The first-order valence-electron chi connectivity index (χ1n) is 6.62. The molecule has 1 aromatic heterocycles. The molecule has 0 bridgehead atoms. The molecular weight excluding hydrogens is 270 g/mol. The minimum absolute atomic E-state index is 0.127. The van der Waals surface area contributed by atoms with Gasteiger partial charge in [0.2, 0.25) is 0 Å². The van der Waals surface area contributed by atoms with Crippen LogP contribution in [0, 0.1) is 0 Å². The van der Waals surface area contributed by atoms with E-state index in [-0.39, 0.29) is 12.1 Å². The second-order valence-electron chi connectivity index (χ2n) is 4.88. The maximum Gasteiger partial charge on any atom is 0.348 e. The largest absolute Gasteiger partial charge is 0.457 e. The quantitative estimate of drug-likeness (QED) is 0.763. The topological polar surface area (TPSA) is 29.5 Å². The Balaban J connectivity index is 1.79. The van der Waals surface area contributed by atoms with Crippen LogP contribution in [0.15, 0.2) is 47.8 Å². The van der Waals surface area contributed by atoms with Crippen LogP contribution in [0.5, 0.6) is 0 Å². The molecule has 0 aliphatic carbocycles. The van der Waals surface area contributed by atoms with Crippen molar-refractivity contribution in [3.8, 4) is 0 Å². The van der Waals surface area contributed by atoms with Crippen LogP contribution >= 0.6 is 11.3 Å². The molecule has 2 rings (SSSR count). The van der Waals surface area contributed by atoms with E-state index in [4.69, 9.17) is 4.74 Å². The number of carbonyl (C=O) groups is 1. The molecule has 1 atom stereocenters. The van der Waals surface area contributed by atoms with Gasteiger partial charge in [-0.2, -0.15) is 0 Å². The van der Waals surface area contributed by atoms with Gasteiger partial charge in [-0.15, -0.1) is 11.3 Å². The lowest BCUT2D eigenvalue weighted by molar-refractivity contribution is 0.0273. The number of hydrogen-bond donors (Lipinski definition) is 0. The van der Waals surface area contributed by atoms with Gasteiger partial charge >= 0.3 is 5.97 Å². The molecule has 1 heterocycles. The van der Waals surface area contributed by atoms with E-state index in [9.17, 15) is 4.79 Å². The van der Waals surface area contributed by atoms with Crippen molar-refractivity contribution < 1.29 is 9.53 Å². The zero-order valence-electron chi connectivity index (χ0n) is 11.8. The molecule has 0 amide bonds. The Morgan fingerprint density at radius 1 is 1.25 bits per heavy atom. The summed E-state index contributed by atoms with van der Waals surface area (Å²) in [6.07, 6.45) is -0.127. The lowest BCUT2D eigenvalue weighted by Gasteiger charge is -2.21. The maximum atomic E-state index is 11.8. The van der Waals surface area contributed by atoms with Crippen molar-refractivity contribution in [1.82, 2.24) is 4.90 Å². The van der Waals surface area contributed by atoms with Crippen LogP contribution in [0.25, 0.3) is 0 Å². The lowest BCUT2D eigenvalue weighted by atomic mass is 10.2. The highest BCUT2D eigenvalue weighted by Crippen LogP contribution is 2.12. The monoisotopic (exact) mass is 289 g/mol. The van der Waals surface area contributed by atoms with Crippen LogP contribution < -0.4 is 0 Å². The third-order valence-corrected chi connectivity index (χ3v) is 3.74. The molecule has 0 unspecified atom stereocenters. The van der Waals surface area contributed by atoms with E-state index in [1.807, 2.05) is 43.6 Å². The van der Waals surface area contributed by atoms with Gasteiger partial charge in [-0.1, -0.05) is 36.4 Å². The molecule has 0 aliphatic rings. The Bertz CT molecular complexity index is 525. The number of hydrogen-bond acceptors (Lipinski definition) is 4. The first-order valence-corrected chi connectivity index (χ1v) is 7.50. The van der Waals surface area contributed by atoms with Crippen molar-refractivity contribution in [3.05, 3.63) is 58.3 Å². The Kier molecular flexibility index (Phi) is 5.32. The predicted octanol–water partition coefficient (Wildman–Crippen LogP) is 3.43. The molecule has 20 heavy (non-hydrogen) atoms. The molecule has 0 spiro atoms. The van der Waals surface area contributed by atoms with Crippen molar-refractivity contribution in [2.45, 2.75) is 19.6 Å². The van der Waals surface area contributed by atoms with Gasteiger partial charge in [-0.05, 0) is 31.0 Å². The van der Waals surface area contributed by atoms with Gasteiger partial charge in [-0.25, -0.2) is 4.79 Å². The van der Waals surface area contributed by atoms with Crippen molar-refractivity contribution >= 4 is 17.3 Å². The standard InChI is InChI=1S/C16H19NO2S/c1-13(19-16(18)15-9-6-10-20-15)11-17(2)12-14-7-4-3-5-8-14/h3-10,13H,11-12H2,1-2H3/t13-/m0/s1. The average Bonchev–Trinajstić information content (AvgIpc) is 2.93. The molecule has 0 aliphatic heterocycles. The first-order chi connectivity index (χ1) is 9.65. The summed E-state index contributed by atoms with van der Waals surface area (Å²) >= 11 is 1.41. The van der Waals surface area contributed by atoms with E-state index in [1.54, 1.807) is 6.07 Å². The van der Waals surface area contributed by atoms with Crippen molar-refractivity contribution in [1.29, 1.82) is 0 Å². The van der Waals surface area contributed by atoms with Crippen LogP contribution in [-0.2, 0) is 11.3 Å². The van der Waals surface area contributed by atoms with Gasteiger partial charge in [-0.3, -0.25) is 4.90 Å². The van der Waals surface area contributed by atoms with Gasteiger partial charge in [0.05, 0.1) is 0 Å². The van der Waals surface area contributed by atoms with E-state index in [1.165, 1.54) is 16.9 Å². The molecule has 2 aromatic rings. The Hall–Kier alpha value is -1.65. The summed E-state index contributed by atoms with van der Waals surface area (Å²) in [6, 6.07) is 13.9. The summed E-state index contributed by atoms with van der Waals surface area (Å²) in [5, 5.41) is 1.88.